The van der Waals surface area contributed by atoms with E-state index in [9.17, 15) is 14.0 Å². The van der Waals surface area contributed by atoms with Crippen molar-refractivity contribution in [2.45, 2.75) is 32.4 Å². The summed E-state index contributed by atoms with van der Waals surface area (Å²) in [5.41, 5.74) is 1.55. The standard InChI is InChI=1S/C22H26ClFN2O3/c1-16(22(28)25-12-3-13-29-2)26(15-18-6-10-20(24)11-7-18)21(27)14-17-4-8-19(23)9-5-17/h4-11,16H,3,12-15H2,1-2H3,(H,25,28)/t16-/m1/s1. The predicted molar refractivity (Wildman–Crippen MR) is 111 cm³/mol. The van der Waals surface area contributed by atoms with Crippen molar-refractivity contribution in [2.75, 3.05) is 20.3 Å². The monoisotopic (exact) mass is 420 g/mol. The second-order valence-electron chi connectivity index (χ2n) is 6.76. The summed E-state index contributed by atoms with van der Waals surface area (Å²) >= 11 is 5.91. The molecule has 0 bridgehead atoms. The van der Waals surface area contributed by atoms with Crippen molar-refractivity contribution in [2.24, 2.45) is 0 Å². The highest BCUT2D eigenvalue weighted by Gasteiger charge is 2.26. The van der Waals surface area contributed by atoms with Crippen LogP contribution in [-0.4, -0.2) is 43.0 Å². The van der Waals surface area contributed by atoms with E-state index in [1.807, 2.05) is 0 Å². The Labute approximate surface area is 175 Å². The molecule has 0 saturated heterocycles. The van der Waals surface area contributed by atoms with E-state index < -0.39 is 6.04 Å². The minimum atomic E-state index is -0.678. The van der Waals surface area contributed by atoms with Crippen LogP contribution in [0.15, 0.2) is 48.5 Å². The van der Waals surface area contributed by atoms with E-state index in [2.05, 4.69) is 5.32 Å². The van der Waals surface area contributed by atoms with Gasteiger partial charge >= 0.3 is 0 Å². The number of nitrogens with one attached hydrogen (secondary N) is 1. The lowest BCUT2D eigenvalue weighted by molar-refractivity contribution is -0.140. The fourth-order valence-corrected chi connectivity index (χ4v) is 2.95. The van der Waals surface area contributed by atoms with Crippen molar-refractivity contribution in [3.05, 3.63) is 70.5 Å². The topological polar surface area (TPSA) is 58.6 Å². The number of carbonyl (C=O) groups is 2. The maximum Gasteiger partial charge on any atom is 0.242 e. The van der Waals surface area contributed by atoms with Gasteiger partial charge in [0, 0.05) is 31.8 Å². The maximum atomic E-state index is 13.2. The van der Waals surface area contributed by atoms with E-state index in [-0.39, 0.29) is 30.6 Å². The highest BCUT2D eigenvalue weighted by molar-refractivity contribution is 6.30. The van der Waals surface area contributed by atoms with Gasteiger partial charge in [-0.25, -0.2) is 4.39 Å². The molecule has 0 fully saturated rings. The Kier molecular flexibility index (Phi) is 9.09. The Hall–Kier alpha value is -2.44. The van der Waals surface area contributed by atoms with Crippen molar-refractivity contribution in [3.8, 4) is 0 Å². The van der Waals surface area contributed by atoms with Gasteiger partial charge in [0.25, 0.3) is 0 Å². The van der Waals surface area contributed by atoms with Crippen LogP contribution >= 0.6 is 11.6 Å². The Morgan fingerprint density at radius 2 is 1.72 bits per heavy atom. The molecule has 1 N–H and O–H groups in total. The molecule has 7 heteroatoms. The molecular weight excluding hydrogens is 395 g/mol. The number of carbonyl (C=O) groups excluding carboxylic acids is 2. The van der Waals surface area contributed by atoms with Crippen molar-refractivity contribution < 1.29 is 18.7 Å². The number of benzene rings is 2. The fourth-order valence-electron chi connectivity index (χ4n) is 2.82. The van der Waals surface area contributed by atoms with Gasteiger partial charge in [-0.05, 0) is 48.7 Å². The number of amides is 2. The first kappa shape index (κ1) is 22.8. The van der Waals surface area contributed by atoms with Gasteiger partial charge in [0.1, 0.15) is 11.9 Å². The molecule has 1 atom stereocenters. The molecule has 2 rings (SSSR count). The average molecular weight is 421 g/mol. The molecule has 0 unspecified atom stereocenters. The maximum absolute atomic E-state index is 13.2. The predicted octanol–water partition coefficient (Wildman–Crippen LogP) is 3.59. The van der Waals surface area contributed by atoms with Gasteiger partial charge in [0.05, 0.1) is 6.42 Å². The molecule has 0 aliphatic carbocycles. The molecule has 0 heterocycles. The van der Waals surface area contributed by atoms with Gasteiger partial charge in [0.2, 0.25) is 11.8 Å². The van der Waals surface area contributed by atoms with E-state index in [0.717, 1.165) is 11.1 Å². The first-order chi connectivity index (χ1) is 13.9. The molecule has 0 spiro atoms. The number of hydrogen-bond donors (Lipinski definition) is 1. The zero-order chi connectivity index (χ0) is 21.2. The molecule has 2 amide bonds. The Balaban J connectivity index is 2.12. The largest absolute Gasteiger partial charge is 0.385 e. The summed E-state index contributed by atoms with van der Waals surface area (Å²) in [7, 11) is 1.60. The number of rotatable bonds is 10. The summed E-state index contributed by atoms with van der Waals surface area (Å²) in [6.45, 7) is 2.91. The van der Waals surface area contributed by atoms with Crippen LogP contribution in [-0.2, 0) is 27.3 Å². The Morgan fingerprint density at radius 3 is 2.34 bits per heavy atom. The highest BCUT2D eigenvalue weighted by atomic mass is 35.5. The van der Waals surface area contributed by atoms with E-state index in [4.69, 9.17) is 16.3 Å². The minimum absolute atomic E-state index is 0.139. The highest BCUT2D eigenvalue weighted by Crippen LogP contribution is 2.15. The molecular formula is C22H26ClFN2O3. The number of methoxy groups -OCH3 is 1. The van der Waals surface area contributed by atoms with E-state index in [1.165, 1.54) is 17.0 Å². The lowest BCUT2D eigenvalue weighted by Gasteiger charge is -2.29. The van der Waals surface area contributed by atoms with E-state index >= 15 is 0 Å². The van der Waals surface area contributed by atoms with Crippen LogP contribution in [0, 0.1) is 5.82 Å². The minimum Gasteiger partial charge on any atom is -0.385 e. The number of nitrogens with zero attached hydrogens (tertiary/aromatic N) is 1. The first-order valence-corrected chi connectivity index (χ1v) is 9.83. The van der Waals surface area contributed by atoms with Crippen molar-refractivity contribution >= 4 is 23.4 Å². The van der Waals surface area contributed by atoms with Crippen LogP contribution in [0.1, 0.15) is 24.5 Å². The molecule has 156 valence electrons. The van der Waals surface area contributed by atoms with Gasteiger partial charge < -0.3 is 15.0 Å². The SMILES string of the molecule is COCCCNC(=O)[C@@H](C)N(Cc1ccc(F)cc1)C(=O)Cc1ccc(Cl)cc1. The fraction of sp³-hybridized carbons (Fsp3) is 0.364. The number of halogens is 2. The summed E-state index contributed by atoms with van der Waals surface area (Å²) < 4.78 is 18.2. The van der Waals surface area contributed by atoms with Gasteiger partial charge in [-0.2, -0.15) is 0 Å². The normalized spacial score (nSPS) is 11.7. The Bertz CT molecular complexity index is 797. The summed E-state index contributed by atoms with van der Waals surface area (Å²) in [5.74, 6) is -0.791. The molecule has 0 aromatic heterocycles. The molecule has 0 saturated carbocycles. The van der Waals surface area contributed by atoms with Crippen LogP contribution in [0.5, 0.6) is 0 Å². The summed E-state index contributed by atoms with van der Waals surface area (Å²) in [5, 5.41) is 3.42. The lowest BCUT2D eigenvalue weighted by Crippen LogP contribution is -2.48. The molecule has 2 aromatic carbocycles. The van der Waals surface area contributed by atoms with E-state index in [0.29, 0.717) is 24.6 Å². The van der Waals surface area contributed by atoms with Gasteiger partial charge in [-0.1, -0.05) is 35.9 Å². The molecule has 2 aromatic rings. The van der Waals surface area contributed by atoms with Crippen LogP contribution in [0.4, 0.5) is 4.39 Å². The second-order valence-corrected chi connectivity index (χ2v) is 7.20. The zero-order valence-electron chi connectivity index (χ0n) is 16.7. The quantitative estimate of drug-likeness (QED) is 0.597. The van der Waals surface area contributed by atoms with E-state index in [1.54, 1.807) is 50.4 Å². The van der Waals surface area contributed by atoms with Crippen LogP contribution < -0.4 is 5.32 Å². The third-order valence-corrected chi connectivity index (χ3v) is 4.78. The van der Waals surface area contributed by atoms with Crippen molar-refractivity contribution in [1.29, 1.82) is 0 Å². The molecule has 5 nitrogen and oxygen atoms in total. The molecule has 0 radical (unpaired) electrons. The summed E-state index contributed by atoms with van der Waals surface area (Å²) in [6.07, 6.45) is 0.825. The zero-order valence-corrected chi connectivity index (χ0v) is 17.4. The third kappa shape index (κ3) is 7.48. The van der Waals surface area contributed by atoms with Crippen LogP contribution in [0.2, 0.25) is 5.02 Å². The van der Waals surface area contributed by atoms with Gasteiger partial charge in [-0.15, -0.1) is 0 Å². The van der Waals surface area contributed by atoms with Crippen molar-refractivity contribution in [3.63, 3.8) is 0 Å². The third-order valence-electron chi connectivity index (χ3n) is 4.53. The first-order valence-electron chi connectivity index (χ1n) is 9.45. The molecule has 0 aliphatic rings. The smallest absolute Gasteiger partial charge is 0.242 e. The number of hydrogen-bond acceptors (Lipinski definition) is 3. The summed E-state index contributed by atoms with van der Waals surface area (Å²) in [4.78, 5) is 27.1. The number of ether oxygens (including phenoxy) is 1. The molecule has 29 heavy (non-hydrogen) atoms. The molecule has 0 aliphatic heterocycles. The second kappa shape index (κ2) is 11.5. The Morgan fingerprint density at radius 1 is 1.10 bits per heavy atom. The van der Waals surface area contributed by atoms with Crippen LogP contribution in [0.25, 0.3) is 0 Å². The average Bonchev–Trinajstić information content (AvgIpc) is 2.71. The van der Waals surface area contributed by atoms with Gasteiger partial charge in [0.15, 0.2) is 0 Å². The lowest BCUT2D eigenvalue weighted by atomic mass is 10.1. The van der Waals surface area contributed by atoms with Gasteiger partial charge in [-0.3, -0.25) is 9.59 Å². The van der Waals surface area contributed by atoms with Crippen molar-refractivity contribution in [1.82, 2.24) is 10.2 Å². The summed E-state index contributed by atoms with van der Waals surface area (Å²) in [6, 6.07) is 12.2. The van der Waals surface area contributed by atoms with Crippen LogP contribution in [0.3, 0.4) is 0 Å².